The van der Waals surface area contributed by atoms with E-state index in [4.69, 9.17) is 14.2 Å². The zero-order valence-corrected chi connectivity index (χ0v) is 43.5. The number of esters is 3. The maximum Gasteiger partial charge on any atom is 0.306 e. The molecule has 0 fully saturated rings. The van der Waals surface area contributed by atoms with Gasteiger partial charge in [0, 0.05) is 19.3 Å². The summed E-state index contributed by atoms with van der Waals surface area (Å²) in [7, 11) is 0. The molecule has 0 aromatic heterocycles. The maximum absolute atomic E-state index is 12.8. The highest BCUT2D eigenvalue weighted by molar-refractivity contribution is 5.71. The normalized spacial score (nSPS) is 12.2. The van der Waals surface area contributed by atoms with Gasteiger partial charge in [0.2, 0.25) is 0 Å². The van der Waals surface area contributed by atoms with Gasteiger partial charge in [-0.05, 0) is 77.0 Å². The number of rotatable bonds is 52. The largest absolute Gasteiger partial charge is 0.462 e. The van der Waals surface area contributed by atoms with Crippen LogP contribution in [0.1, 0.15) is 303 Å². The molecule has 6 nitrogen and oxygen atoms in total. The summed E-state index contributed by atoms with van der Waals surface area (Å²) in [5.41, 5.74) is 0. The molecule has 1 unspecified atom stereocenters. The lowest BCUT2D eigenvalue weighted by Gasteiger charge is -2.18. The number of allylic oxidation sites excluding steroid dienone is 6. The van der Waals surface area contributed by atoms with E-state index < -0.39 is 6.10 Å². The van der Waals surface area contributed by atoms with Crippen molar-refractivity contribution in [3.05, 3.63) is 36.5 Å². The molecule has 0 saturated carbocycles. The van der Waals surface area contributed by atoms with E-state index in [1.807, 2.05) is 0 Å². The van der Waals surface area contributed by atoms with Crippen LogP contribution >= 0.6 is 0 Å². The summed E-state index contributed by atoms with van der Waals surface area (Å²) in [6, 6.07) is 0. The molecular weight excluding hydrogens is 805 g/mol. The molecule has 6 heteroatoms. The van der Waals surface area contributed by atoms with Crippen LogP contribution in [0, 0.1) is 0 Å². The fourth-order valence-corrected chi connectivity index (χ4v) is 8.29. The lowest BCUT2D eigenvalue weighted by Crippen LogP contribution is -2.30. The van der Waals surface area contributed by atoms with Crippen molar-refractivity contribution in [2.24, 2.45) is 0 Å². The third-order valence-corrected chi connectivity index (χ3v) is 12.6. The first kappa shape index (κ1) is 62.6. The Morgan fingerprint density at radius 1 is 0.308 bits per heavy atom. The van der Waals surface area contributed by atoms with Crippen LogP contribution in [0.4, 0.5) is 0 Å². The summed E-state index contributed by atoms with van der Waals surface area (Å²) in [6.45, 7) is 6.63. The summed E-state index contributed by atoms with van der Waals surface area (Å²) < 4.78 is 16.9. The summed E-state index contributed by atoms with van der Waals surface area (Å²) in [6.07, 6.45) is 64.1. The van der Waals surface area contributed by atoms with Crippen molar-refractivity contribution >= 4 is 17.9 Å². The van der Waals surface area contributed by atoms with Gasteiger partial charge in [-0.3, -0.25) is 14.4 Å². The topological polar surface area (TPSA) is 78.9 Å². The van der Waals surface area contributed by atoms with Gasteiger partial charge in [0.1, 0.15) is 13.2 Å². The van der Waals surface area contributed by atoms with Gasteiger partial charge in [-0.25, -0.2) is 0 Å². The molecule has 0 spiro atoms. The summed E-state index contributed by atoms with van der Waals surface area (Å²) >= 11 is 0. The third-order valence-electron chi connectivity index (χ3n) is 12.6. The number of ether oxygens (including phenoxy) is 3. The van der Waals surface area contributed by atoms with Gasteiger partial charge in [-0.1, -0.05) is 243 Å². The Morgan fingerprint density at radius 3 is 0.892 bits per heavy atom. The van der Waals surface area contributed by atoms with E-state index in [9.17, 15) is 14.4 Å². The molecule has 0 bridgehead atoms. The minimum atomic E-state index is -0.775. The Bertz CT molecular complexity index is 1090. The second-order valence-electron chi connectivity index (χ2n) is 19.2. The molecule has 0 radical (unpaired) electrons. The van der Waals surface area contributed by atoms with E-state index in [0.717, 1.165) is 70.6 Å². The Hall–Kier alpha value is -2.37. The fourth-order valence-electron chi connectivity index (χ4n) is 8.29. The zero-order chi connectivity index (χ0) is 47.2. The van der Waals surface area contributed by atoms with E-state index in [2.05, 4.69) is 57.2 Å². The van der Waals surface area contributed by atoms with E-state index in [0.29, 0.717) is 19.3 Å². The van der Waals surface area contributed by atoms with Crippen molar-refractivity contribution in [2.45, 2.75) is 309 Å². The lowest BCUT2D eigenvalue weighted by molar-refractivity contribution is -0.167. The molecule has 0 aliphatic rings. The van der Waals surface area contributed by atoms with Crippen LogP contribution in [0.2, 0.25) is 0 Å². The minimum absolute atomic E-state index is 0.0733. The molecule has 380 valence electrons. The van der Waals surface area contributed by atoms with Crippen molar-refractivity contribution in [1.82, 2.24) is 0 Å². The van der Waals surface area contributed by atoms with E-state index in [1.165, 1.54) is 193 Å². The Kier molecular flexibility index (Phi) is 52.3. The Labute approximate surface area is 404 Å². The van der Waals surface area contributed by atoms with Gasteiger partial charge < -0.3 is 14.2 Å². The number of hydrogen-bond donors (Lipinski definition) is 0. The average molecular weight is 914 g/mol. The number of carbonyl (C=O) groups is 3. The highest BCUT2D eigenvalue weighted by Gasteiger charge is 2.19. The molecule has 0 aromatic carbocycles. The first-order valence-corrected chi connectivity index (χ1v) is 28.5. The SMILES string of the molecule is CCCCC/C=C\C/C=C\CCCCCCCCCCCC(=O)OCC(COC(=O)CCCCCCCCCCCCCC)OC(=O)CCCCCCC/C=C\CCCCCCCCC. The Morgan fingerprint density at radius 2 is 0.554 bits per heavy atom. The highest BCUT2D eigenvalue weighted by atomic mass is 16.6. The number of hydrogen-bond acceptors (Lipinski definition) is 6. The molecule has 0 rings (SSSR count). The molecule has 0 heterocycles. The summed E-state index contributed by atoms with van der Waals surface area (Å²) in [5, 5.41) is 0. The highest BCUT2D eigenvalue weighted by Crippen LogP contribution is 2.16. The van der Waals surface area contributed by atoms with Gasteiger partial charge in [0.25, 0.3) is 0 Å². The molecular formula is C59H108O6. The molecule has 0 saturated heterocycles. The van der Waals surface area contributed by atoms with E-state index >= 15 is 0 Å². The molecule has 0 aromatic rings. The monoisotopic (exact) mass is 913 g/mol. The third kappa shape index (κ3) is 52.5. The summed E-state index contributed by atoms with van der Waals surface area (Å²) in [5.74, 6) is -0.871. The molecule has 0 N–H and O–H groups in total. The molecule has 0 aliphatic carbocycles. The zero-order valence-electron chi connectivity index (χ0n) is 43.5. The van der Waals surface area contributed by atoms with Crippen molar-refractivity contribution in [1.29, 1.82) is 0 Å². The second-order valence-corrected chi connectivity index (χ2v) is 19.2. The van der Waals surface area contributed by atoms with Gasteiger partial charge >= 0.3 is 17.9 Å². The first-order valence-electron chi connectivity index (χ1n) is 28.5. The van der Waals surface area contributed by atoms with Gasteiger partial charge in [0.05, 0.1) is 0 Å². The van der Waals surface area contributed by atoms with Crippen LogP contribution < -0.4 is 0 Å². The van der Waals surface area contributed by atoms with Crippen LogP contribution in [-0.4, -0.2) is 37.2 Å². The smallest absolute Gasteiger partial charge is 0.306 e. The van der Waals surface area contributed by atoms with Crippen molar-refractivity contribution in [2.75, 3.05) is 13.2 Å². The maximum atomic E-state index is 12.8. The van der Waals surface area contributed by atoms with Gasteiger partial charge in [0.15, 0.2) is 6.10 Å². The first-order chi connectivity index (χ1) is 32.0. The number of unbranched alkanes of at least 4 members (excludes halogenated alkanes) is 35. The van der Waals surface area contributed by atoms with Crippen LogP contribution in [0.3, 0.4) is 0 Å². The molecule has 65 heavy (non-hydrogen) atoms. The van der Waals surface area contributed by atoms with Crippen LogP contribution in [0.5, 0.6) is 0 Å². The van der Waals surface area contributed by atoms with Gasteiger partial charge in [-0.15, -0.1) is 0 Å². The van der Waals surface area contributed by atoms with Crippen molar-refractivity contribution in [3.63, 3.8) is 0 Å². The Balaban J connectivity index is 4.33. The molecule has 1 atom stereocenters. The summed E-state index contributed by atoms with van der Waals surface area (Å²) in [4.78, 5) is 38.1. The predicted octanol–water partition coefficient (Wildman–Crippen LogP) is 18.9. The van der Waals surface area contributed by atoms with Crippen LogP contribution in [0.15, 0.2) is 36.5 Å². The number of carbonyl (C=O) groups excluding carboxylic acids is 3. The van der Waals surface area contributed by atoms with Crippen LogP contribution in [0.25, 0.3) is 0 Å². The van der Waals surface area contributed by atoms with Crippen molar-refractivity contribution < 1.29 is 28.6 Å². The quantitative estimate of drug-likeness (QED) is 0.0262. The van der Waals surface area contributed by atoms with Gasteiger partial charge in [-0.2, -0.15) is 0 Å². The molecule has 0 aliphatic heterocycles. The molecule has 0 amide bonds. The standard InChI is InChI=1S/C59H108O6/c1-4-7-10-13-16-19-22-25-27-29-30-31-33-34-37-40-43-46-49-52-58(61)64-55-56(54-63-57(60)51-48-45-42-39-36-24-21-18-15-12-9-6-3)65-59(62)53-50-47-44-41-38-35-32-28-26-23-20-17-14-11-8-5-2/h16,19,25,27-28,32,56H,4-15,17-18,20-24,26,29-31,33-55H2,1-3H3/b19-16-,27-25-,32-28-. The lowest BCUT2D eigenvalue weighted by atomic mass is 10.0. The fraction of sp³-hybridized carbons (Fsp3) is 0.847. The second kappa shape index (κ2) is 54.2. The van der Waals surface area contributed by atoms with Crippen molar-refractivity contribution in [3.8, 4) is 0 Å². The average Bonchev–Trinajstić information content (AvgIpc) is 3.30. The minimum Gasteiger partial charge on any atom is -0.462 e. The predicted molar refractivity (Wildman–Crippen MR) is 279 cm³/mol. The van der Waals surface area contributed by atoms with E-state index in [-0.39, 0.29) is 31.1 Å². The van der Waals surface area contributed by atoms with Crippen LogP contribution in [-0.2, 0) is 28.6 Å². The van der Waals surface area contributed by atoms with E-state index in [1.54, 1.807) is 0 Å².